The first-order valence-electron chi connectivity index (χ1n) is 7.30. The molecule has 1 saturated carbocycles. The molecule has 0 bridgehead atoms. The molecule has 0 radical (unpaired) electrons. The van der Waals surface area contributed by atoms with Crippen LogP contribution in [0.3, 0.4) is 0 Å². The van der Waals surface area contributed by atoms with E-state index in [2.05, 4.69) is 31.4 Å². The van der Waals surface area contributed by atoms with Crippen molar-refractivity contribution >= 4 is 12.0 Å². The molecule has 5 heteroatoms. The predicted octanol–water partition coefficient (Wildman–Crippen LogP) is 2.75. The van der Waals surface area contributed by atoms with Gasteiger partial charge in [0.15, 0.2) is 0 Å². The minimum Gasteiger partial charge on any atom is -0.481 e. The van der Waals surface area contributed by atoms with Crippen molar-refractivity contribution in [1.29, 1.82) is 0 Å². The van der Waals surface area contributed by atoms with Crippen molar-refractivity contribution in [2.45, 2.75) is 71.9 Å². The number of carboxylic acids is 1. The average molecular weight is 284 g/mol. The maximum atomic E-state index is 12.0. The van der Waals surface area contributed by atoms with Crippen LogP contribution in [-0.4, -0.2) is 28.7 Å². The molecule has 0 aromatic carbocycles. The highest BCUT2D eigenvalue weighted by Crippen LogP contribution is 2.27. The number of aliphatic carboxylic acids is 1. The number of carboxylic acid groups (broad SMARTS) is 1. The van der Waals surface area contributed by atoms with Crippen LogP contribution in [0.15, 0.2) is 0 Å². The summed E-state index contributed by atoms with van der Waals surface area (Å²) in [5.74, 6) is -1.08. The summed E-state index contributed by atoms with van der Waals surface area (Å²) in [4.78, 5) is 22.9. The van der Waals surface area contributed by atoms with Crippen LogP contribution in [0.5, 0.6) is 0 Å². The maximum absolute atomic E-state index is 12.0. The molecule has 1 rings (SSSR count). The van der Waals surface area contributed by atoms with Crippen LogP contribution in [0.1, 0.15) is 60.3 Å². The Bertz CT molecular complexity index is 372. The molecular formula is C15H28N2O3. The zero-order chi connectivity index (χ0) is 15.6. The zero-order valence-electron chi connectivity index (χ0n) is 13.2. The van der Waals surface area contributed by atoms with Gasteiger partial charge in [0.05, 0.1) is 5.92 Å². The van der Waals surface area contributed by atoms with E-state index in [1.807, 2.05) is 13.8 Å². The van der Waals surface area contributed by atoms with E-state index in [4.69, 9.17) is 5.11 Å². The fraction of sp³-hybridized carbons (Fsp3) is 0.867. The van der Waals surface area contributed by atoms with Crippen LogP contribution in [-0.2, 0) is 4.79 Å². The first kappa shape index (κ1) is 16.8. The summed E-state index contributed by atoms with van der Waals surface area (Å²) in [5, 5.41) is 14.8. The van der Waals surface area contributed by atoms with Gasteiger partial charge in [-0.25, -0.2) is 4.79 Å². The second kappa shape index (κ2) is 6.02. The Balaban J connectivity index is 2.42. The van der Waals surface area contributed by atoms with Crippen LogP contribution < -0.4 is 10.6 Å². The molecule has 0 aromatic rings. The van der Waals surface area contributed by atoms with Gasteiger partial charge >= 0.3 is 12.0 Å². The lowest BCUT2D eigenvalue weighted by Crippen LogP contribution is -2.51. The lowest BCUT2D eigenvalue weighted by atomic mass is 9.82. The molecule has 116 valence electrons. The van der Waals surface area contributed by atoms with Gasteiger partial charge in [-0.05, 0) is 44.9 Å². The van der Waals surface area contributed by atoms with E-state index in [1.165, 1.54) is 0 Å². The third-order valence-electron chi connectivity index (χ3n) is 3.54. The molecule has 0 aromatic heterocycles. The molecule has 1 aliphatic carbocycles. The van der Waals surface area contributed by atoms with Crippen molar-refractivity contribution in [1.82, 2.24) is 10.6 Å². The first-order valence-corrected chi connectivity index (χ1v) is 7.30. The molecule has 3 N–H and O–H groups in total. The Labute approximate surface area is 121 Å². The number of amides is 2. The number of rotatable bonds is 4. The summed E-state index contributed by atoms with van der Waals surface area (Å²) in [6, 6.07) is -0.225. The van der Waals surface area contributed by atoms with E-state index in [-0.39, 0.29) is 28.9 Å². The molecule has 0 saturated heterocycles. The SMILES string of the molecule is CC(C)(C)CC(C)(C)NC(=O)NC1CCC(C(=O)O)C1. The minimum atomic E-state index is -0.761. The standard InChI is InChI=1S/C15H28N2O3/c1-14(2,3)9-15(4,5)17-13(20)16-11-7-6-10(8-11)12(18)19/h10-11H,6-9H2,1-5H3,(H,18,19)(H2,16,17,20). The molecule has 0 aliphatic heterocycles. The topological polar surface area (TPSA) is 78.4 Å². The van der Waals surface area contributed by atoms with E-state index >= 15 is 0 Å². The van der Waals surface area contributed by atoms with Crippen molar-refractivity contribution in [2.24, 2.45) is 11.3 Å². The van der Waals surface area contributed by atoms with Crippen LogP contribution in [0.4, 0.5) is 4.79 Å². The van der Waals surface area contributed by atoms with Crippen molar-refractivity contribution in [2.75, 3.05) is 0 Å². The Kier molecular flexibility index (Phi) is 5.05. The number of hydrogen-bond acceptors (Lipinski definition) is 2. The smallest absolute Gasteiger partial charge is 0.315 e. The van der Waals surface area contributed by atoms with Crippen molar-refractivity contribution in [3.8, 4) is 0 Å². The molecule has 2 atom stereocenters. The number of carbonyl (C=O) groups is 2. The Morgan fingerprint density at radius 1 is 1.15 bits per heavy atom. The molecule has 20 heavy (non-hydrogen) atoms. The predicted molar refractivity (Wildman–Crippen MR) is 78.6 cm³/mol. The maximum Gasteiger partial charge on any atom is 0.315 e. The van der Waals surface area contributed by atoms with Crippen molar-refractivity contribution in [3.05, 3.63) is 0 Å². The van der Waals surface area contributed by atoms with Gasteiger partial charge in [0.2, 0.25) is 0 Å². The third kappa shape index (κ3) is 5.80. The van der Waals surface area contributed by atoms with Gasteiger partial charge in [-0.2, -0.15) is 0 Å². The van der Waals surface area contributed by atoms with Gasteiger partial charge < -0.3 is 15.7 Å². The number of urea groups is 1. The van der Waals surface area contributed by atoms with Gasteiger partial charge in [-0.1, -0.05) is 20.8 Å². The average Bonchev–Trinajstić information content (AvgIpc) is 2.60. The fourth-order valence-electron chi connectivity index (χ4n) is 3.24. The van der Waals surface area contributed by atoms with Crippen LogP contribution >= 0.6 is 0 Å². The van der Waals surface area contributed by atoms with Gasteiger partial charge in [0.1, 0.15) is 0 Å². The summed E-state index contributed by atoms with van der Waals surface area (Å²) in [7, 11) is 0. The van der Waals surface area contributed by atoms with E-state index in [1.54, 1.807) is 0 Å². The van der Waals surface area contributed by atoms with E-state index in [0.717, 1.165) is 12.8 Å². The van der Waals surface area contributed by atoms with E-state index in [0.29, 0.717) is 12.8 Å². The second-order valence-electron chi connectivity index (χ2n) is 7.76. The molecule has 2 unspecified atom stereocenters. The molecule has 5 nitrogen and oxygen atoms in total. The molecule has 1 aliphatic rings. The highest BCUT2D eigenvalue weighted by Gasteiger charge is 2.32. The number of nitrogens with one attached hydrogen (secondary N) is 2. The highest BCUT2D eigenvalue weighted by atomic mass is 16.4. The lowest BCUT2D eigenvalue weighted by Gasteiger charge is -2.33. The summed E-state index contributed by atoms with van der Waals surface area (Å²) < 4.78 is 0. The normalized spacial score (nSPS) is 23.4. The van der Waals surface area contributed by atoms with E-state index in [9.17, 15) is 9.59 Å². The monoisotopic (exact) mass is 284 g/mol. The fourth-order valence-corrected chi connectivity index (χ4v) is 3.24. The summed E-state index contributed by atoms with van der Waals surface area (Å²) in [5.41, 5.74) is -0.147. The van der Waals surface area contributed by atoms with Gasteiger partial charge in [-0.15, -0.1) is 0 Å². The molecule has 2 amide bonds. The Morgan fingerprint density at radius 3 is 2.20 bits per heavy atom. The highest BCUT2D eigenvalue weighted by molar-refractivity contribution is 5.75. The van der Waals surface area contributed by atoms with Crippen LogP contribution in [0.25, 0.3) is 0 Å². The molecule has 1 fully saturated rings. The third-order valence-corrected chi connectivity index (χ3v) is 3.54. The summed E-state index contributed by atoms with van der Waals surface area (Å²) in [6.45, 7) is 10.4. The Morgan fingerprint density at radius 2 is 1.75 bits per heavy atom. The number of hydrogen-bond donors (Lipinski definition) is 3. The number of carbonyl (C=O) groups excluding carboxylic acids is 1. The zero-order valence-corrected chi connectivity index (χ0v) is 13.2. The lowest BCUT2D eigenvalue weighted by molar-refractivity contribution is -0.141. The Hall–Kier alpha value is -1.26. The van der Waals surface area contributed by atoms with Gasteiger partial charge in [0, 0.05) is 11.6 Å². The van der Waals surface area contributed by atoms with Crippen LogP contribution in [0.2, 0.25) is 0 Å². The van der Waals surface area contributed by atoms with Crippen molar-refractivity contribution < 1.29 is 14.7 Å². The first-order chi connectivity index (χ1) is 8.98. The molecule has 0 spiro atoms. The van der Waals surface area contributed by atoms with Gasteiger partial charge in [-0.3, -0.25) is 4.79 Å². The van der Waals surface area contributed by atoms with Crippen molar-refractivity contribution in [3.63, 3.8) is 0 Å². The molecule has 0 heterocycles. The minimum absolute atomic E-state index is 0.0264. The quantitative estimate of drug-likeness (QED) is 0.742. The van der Waals surface area contributed by atoms with E-state index < -0.39 is 5.97 Å². The molecular weight excluding hydrogens is 256 g/mol. The second-order valence-corrected chi connectivity index (χ2v) is 7.76. The largest absolute Gasteiger partial charge is 0.481 e. The summed E-state index contributed by atoms with van der Waals surface area (Å²) >= 11 is 0. The summed E-state index contributed by atoms with van der Waals surface area (Å²) in [6.07, 6.45) is 2.79. The van der Waals surface area contributed by atoms with Gasteiger partial charge in [0.25, 0.3) is 0 Å². The van der Waals surface area contributed by atoms with Crippen LogP contribution in [0, 0.1) is 11.3 Å².